The van der Waals surface area contributed by atoms with E-state index in [1.165, 1.54) is 10.4 Å². The van der Waals surface area contributed by atoms with Crippen LogP contribution in [0, 0.1) is 6.92 Å². The standard InChI is InChI=1S/C23H32N4O3S/c1-19-10-11-21(31(29,30)27-16-14-25(2)15-17-27)18-22(19)23(28)24-12-7-13-26(3)20-8-5-4-6-9-20/h4-6,8-11,18H,7,12-17H2,1-3H3,(H,24,28). The van der Waals surface area contributed by atoms with Crippen LogP contribution in [0.2, 0.25) is 0 Å². The summed E-state index contributed by atoms with van der Waals surface area (Å²) in [7, 11) is 0.399. The molecule has 8 heteroatoms. The predicted octanol–water partition coefficient (Wildman–Crippen LogP) is 2.19. The summed E-state index contributed by atoms with van der Waals surface area (Å²) in [4.78, 5) is 17.2. The predicted molar refractivity (Wildman–Crippen MR) is 124 cm³/mol. The number of likely N-dealkylation sites (N-methyl/N-ethyl adjacent to an activating group) is 1. The highest BCUT2D eigenvalue weighted by molar-refractivity contribution is 7.89. The van der Waals surface area contributed by atoms with E-state index in [0.717, 1.165) is 24.2 Å². The molecule has 168 valence electrons. The Morgan fingerprint density at radius 2 is 1.74 bits per heavy atom. The van der Waals surface area contributed by atoms with Gasteiger partial charge < -0.3 is 15.1 Å². The number of anilines is 1. The van der Waals surface area contributed by atoms with E-state index in [1.54, 1.807) is 12.1 Å². The molecule has 0 saturated carbocycles. The maximum Gasteiger partial charge on any atom is 0.251 e. The van der Waals surface area contributed by atoms with Crippen LogP contribution in [0.25, 0.3) is 0 Å². The van der Waals surface area contributed by atoms with Gasteiger partial charge in [0, 0.05) is 57.6 Å². The van der Waals surface area contributed by atoms with Gasteiger partial charge in [0.25, 0.3) is 5.91 Å². The van der Waals surface area contributed by atoms with Crippen molar-refractivity contribution in [2.75, 3.05) is 58.3 Å². The molecule has 7 nitrogen and oxygen atoms in total. The van der Waals surface area contributed by atoms with Crippen LogP contribution in [0.15, 0.2) is 53.4 Å². The van der Waals surface area contributed by atoms with Crippen LogP contribution in [0.3, 0.4) is 0 Å². The Hall–Kier alpha value is -2.42. The molecule has 2 aromatic carbocycles. The quantitative estimate of drug-likeness (QED) is 0.632. The van der Waals surface area contributed by atoms with E-state index in [-0.39, 0.29) is 10.8 Å². The highest BCUT2D eigenvalue weighted by atomic mass is 32.2. The Bertz CT molecular complexity index is 987. The zero-order valence-corrected chi connectivity index (χ0v) is 19.4. The third kappa shape index (κ3) is 5.84. The Morgan fingerprint density at radius 1 is 1.06 bits per heavy atom. The van der Waals surface area contributed by atoms with Crippen molar-refractivity contribution in [2.24, 2.45) is 0 Å². The maximum atomic E-state index is 13.0. The molecule has 0 bridgehead atoms. The van der Waals surface area contributed by atoms with E-state index in [4.69, 9.17) is 0 Å². The first kappa shape index (κ1) is 23.2. The molecule has 1 heterocycles. The van der Waals surface area contributed by atoms with Crippen LogP contribution in [0.1, 0.15) is 22.3 Å². The van der Waals surface area contributed by atoms with Crippen LogP contribution in [-0.2, 0) is 10.0 Å². The van der Waals surface area contributed by atoms with Crippen LogP contribution in [-0.4, -0.2) is 76.9 Å². The molecule has 0 radical (unpaired) electrons. The zero-order valence-electron chi connectivity index (χ0n) is 18.5. The number of aryl methyl sites for hydroxylation is 1. The van der Waals surface area contributed by atoms with Gasteiger partial charge >= 0.3 is 0 Å². The molecule has 0 aromatic heterocycles. The Kier molecular flexibility index (Phi) is 7.69. The average molecular weight is 445 g/mol. The first-order valence-corrected chi connectivity index (χ1v) is 12.1. The third-order valence-corrected chi connectivity index (χ3v) is 7.60. The van der Waals surface area contributed by atoms with Crippen LogP contribution in [0.5, 0.6) is 0 Å². The summed E-state index contributed by atoms with van der Waals surface area (Å²) in [6.07, 6.45) is 0.787. The minimum Gasteiger partial charge on any atom is -0.375 e. The first-order valence-electron chi connectivity index (χ1n) is 10.6. The first-order chi connectivity index (χ1) is 14.8. The van der Waals surface area contributed by atoms with Gasteiger partial charge in [0.05, 0.1) is 4.90 Å². The van der Waals surface area contributed by atoms with Crippen molar-refractivity contribution in [3.63, 3.8) is 0 Å². The molecular formula is C23H32N4O3S. The number of sulfonamides is 1. The fourth-order valence-corrected chi connectivity index (χ4v) is 5.06. The topological polar surface area (TPSA) is 73.0 Å². The van der Waals surface area contributed by atoms with Crippen molar-refractivity contribution in [2.45, 2.75) is 18.2 Å². The lowest BCUT2D eigenvalue weighted by atomic mass is 10.1. The summed E-state index contributed by atoms with van der Waals surface area (Å²) in [5.74, 6) is -0.240. The van der Waals surface area contributed by atoms with Crippen molar-refractivity contribution >= 4 is 21.6 Å². The number of benzene rings is 2. The molecule has 1 aliphatic heterocycles. The minimum absolute atomic E-state index is 0.177. The maximum absolute atomic E-state index is 13.0. The molecule has 1 saturated heterocycles. The largest absolute Gasteiger partial charge is 0.375 e. The number of carbonyl (C=O) groups excluding carboxylic acids is 1. The zero-order chi connectivity index (χ0) is 22.4. The van der Waals surface area contributed by atoms with Crippen LogP contribution in [0.4, 0.5) is 5.69 Å². The number of amides is 1. The lowest BCUT2D eigenvalue weighted by Crippen LogP contribution is -2.47. The molecule has 0 atom stereocenters. The molecule has 0 unspecified atom stereocenters. The molecule has 2 aromatic rings. The molecule has 1 aliphatic rings. The van der Waals surface area contributed by atoms with E-state index in [1.807, 2.05) is 51.4 Å². The Labute approximate surface area is 185 Å². The van der Waals surface area contributed by atoms with Gasteiger partial charge in [-0.05, 0) is 50.2 Å². The van der Waals surface area contributed by atoms with Gasteiger partial charge in [-0.3, -0.25) is 4.79 Å². The van der Waals surface area contributed by atoms with E-state index < -0.39 is 10.0 Å². The second-order valence-electron chi connectivity index (χ2n) is 8.05. The van der Waals surface area contributed by atoms with Gasteiger partial charge in [0.1, 0.15) is 0 Å². The van der Waals surface area contributed by atoms with E-state index >= 15 is 0 Å². The van der Waals surface area contributed by atoms with E-state index in [0.29, 0.717) is 38.3 Å². The smallest absolute Gasteiger partial charge is 0.251 e. The SMILES string of the molecule is Cc1ccc(S(=O)(=O)N2CCN(C)CC2)cc1C(=O)NCCCN(C)c1ccccc1. The van der Waals surface area contributed by atoms with Crippen molar-refractivity contribution in [1.82, 2.24) is 14.5 Å². The lowest BCUT2D eigenvalue weighted by molar-refractivity contribution is 0.0952. The fraction of sp³-hybridized carbons (Fsp3) is 0.435. The van der Waals surface area contributed by atoms with Crippen molar-refractivity contribution < 1.29 is 13.2 Å². The van der Waals surface area contributed by atoms with Gasteiger partial charge in [-0.15, -0.1) is 0 Å². The highest BCUT2D eigenvalue weighted by Crippen LogP contribution is 2.21. The van der Waals surface area contributed by atoms with E-state index in [9.17, 15) is 13.2 Å². The molecule has 0 spiro atoms. The summed E-state index contributed by atoms with van der Waals surface area (Å²) in [5, 5.41) is 2.93. The Balaban J connectivity index is 1.60. The summed E-state index contributed by atoms with van der Waals surface area (Å²) < 4.78 is 27.5. The van der Waals surface area contributed by atoms with Gasteiger partial charge in [0.15, 0.2) is 0 Å². The second-order valence-corrected chi connectivity index (χ2v) is 9.99. The van der Waals surface area contributed by atoms with Gasteiger partial charge in [-0.1, -0.05) is 24.3 Å². The summed E-state index contributed by atoms with van der Waals surface area (Å²) in [6, 6.07) is 14.9. The van der Waals surface area contributed by atoms with Gasteiger partial charge in [-0.25, -0.2) is 8.42 Å². The monoisotopic (exact) mass is 444 g/mol. The fourth-order valence-electron chi connectivity index (χ4n) is 3.61. The molecule has 1 amide bonds. The molecule has 3 rings (SSSR count). The van der Waals surface area contributed by atoms with Crippen LogP contribution >= 0.6 is 0 Å². The number of piperazine rings is 1. The number of rotatable bonds is 8. The number of nitrogens with zero attached hydrogens (tertiary/aromatic N) is 3. The summed E-state index contributed by atoms with van der Waals surface area (Å²) in [6.45, 7) is 5.48. The van der Waals surface area contributed by atoms with Gasteiger partial charge in [0.2, 0.25) is 10.0 Å². The molecule has 1 N–H and O–H groups in total. The van der Waals surface area contributed by atoms with Gasteiger partial charge in [-0.2, -0.15) is 4.31 Å². The number of hydrogen-bond donors (Lipinski definition) is 1. The summed E-state index contributed by atoms with van der Waals surface area (Å²) in [5.41, 5.74) is 2.30. The molecule has 31 heavy (non-hydrogen) atoms. The van der Waals surface area contributed by atoms with Crippen LogP contribution < -0.4 is 10.2 Å². The van der Waals surface area contributed by atoms with Crippen molar-refractivity contribution in [1.29, 1.82) is 0 Å². The highest BCUT2D eigenvalue weighted by Gasteiger charge is 2.28. The van der Waals surface area contributed by atoms with E-state index in [2.05, 4.69) is 15.1 Å². The summed E-state index contributed by atoms with van der Waals surface area (Å²) >= 11 is 0. The normalized spacial score (nSPS) is 15.6. The second kappa shape index (κ2) is 10.3. The molecular weight excluding hydrogens is 412 g/mol. The number of nitrogens with one attached hydrogen (secondary N) is 1. The van der Waals surface area contributed by atoms with Crippen molar-refractivity contribution in [3.05, 3.63) is 59.7 Å². The molecule has 0 aliphatic carbocycles. The number of para-hydroxylation sites is 1. The van der Waals surface area contributed by atoms with Crippen molar-refractivity contribution in [3.8, 4) is 0 Å². The minimum atomic E-state index is -3.61. The number of carbonyl (C=O) groups is 1. The third-order valence-electron chi connectivity index (χ3n) is 5.71. The lowest BCUT2D eigenvalue weighted by Gasteiger charge is -2.31. The molecule has 1 fully saturated rings. The average Bonchev–Trinajstić information content (AvgIpc) is 2.77. The Morgan fingerprint density at radius 3 is 2.42 bits per heavy atom. The number of hydrogen-bond acceptors (Lipinski definition) is 5.